The van der Waals surface area contributed by atoms with Crippen LogP contribution in [-0.2, 0) is 11.2 Å². The van der Waals surface area contributed by atoms with Crippen LogP contribution in [0.15, 0.2) is 24.3 Å². The second-order valence-electron chi connectivity index (χ2n) is 5.57. The van der Waals surface area contributed by atoms with Gasteiger partial charge < -0.3 is 9.84 Å². The number of ether oxygens (including phenoxy) is 1. The van der Waals surface area contributed by atoms with E-state index in [1.165, 1.54) is 5.56 Å². The van der Waals surface area contributed by atoms with Crippen LogP contribution >= 0.6 is 0 Å². The number of carboxylic acids is 1. The van der Waals surface area contributed by atoms with Crippen LogP contribution in [0, 0.1) is 0 Å². The van der Waals surface area contributed by atoms with Crippen molar-refractivity contribution < 1.29 is 14.6 Å². The Balaban J connectivity index is 1.87. The largest absolute Gasteiger partial charge is 0.496 e. The summed E-state index contributed by atoms with van der Waals surface area (Å²) in [5.41, 5.74) is 1.22. The molecule has 5 nitrogen and oxygen atoms in total. The smallest absolute Gasteiger partial charge is 0.317 e. The minimum absolute atomic E-state index is 0.148. The summed E-state index contributed by atoms with van der Waals surface area (Å²) in [6, 6.07) is 8.55. The number of carbonyl (C=O) groups is 1. The molecule has 1 fully saturated rings. The van der Waals surface area contributed by atoms with Gasteiger partial charge in [0.2, 0.25) is 0 Å². The summed E-state index contributed by atoms with van der Waals surface area (Å²) in [6.07, 6.45) is 0.947. The molecular formula is C16H24N2O3. The molecule has 116 valence electrons. The van der Waals surface area contributed by atoms with Crippen molar-refractivity contribution in [2.75, 3.05) is 39.8 Å². The lowest BCUT2D eigenvalue weighted by Crippen LogP contribution is -2.51. The Hall–Kier alpha value is -1.59. The van der Waals surface area contributed by atoms with Gasteiger partial charge in [-0.1, -0.05) is 18.2 Å². The lowest BCUT2D eigenvalue weighted by atomic mass is 10.0. The van der Waals surface area contributed by atoms with Crippen LogP contribution in [0.4, 0.5) is 0 Å². The van der Waals surface area contributed by atoms with Gasteiger partial charge in [0.1, 0.15) is 5.75 Å². The third kappa shape index (κ3) is 4.44. The van der Waals surface area contributed by atoms with Crippen LogP contribution in [0.2, 0.25) is 0 Å². The Morgan fingerprint density at radius 1 is 1.29 bits per heavy atom. The van der Waals surface area contributed by atoms with E-state index in [1.807, 2.05) is 23.1 Å². The molecule has 1 N–H and O–H groups in total. The second kappa shape index (κ2) is 7.43. The molecule has 1 aliphatic rings. The van der Waals surface area contributed by atoms with E-state index in [1.54, 1.807) is 7.11 Å². The van der Waals surface area contributed by atoms with Gasteiger partial charge in [-0.15, -0.1) is 0 Å². The molecule has 0 aromatic heterocycles. The highest BCUT2D eigenvalue weighted by Gasteiger charge is 2.22. The summed E-state index contributed by atoms with van der Waals surface area (Å²) < 4.78 is 5.40. The summed E-state index contributed by atoms with van der Waals surface area (Å²) >= 11 is 0. The Morgan fingerprint density at radius 3 is 2.57 bits per heavy atom. The normalized spacial score (nSPS) is 18.4. The maximum absolute atomic E-state index is 10.7. The molecule has 1 unspecified atom stereocenters. The predicted octanol–water partition coefficient (Wildman–Crippen LogP) is 1.33. The number of para-hydroxylation sites is 1. The average molecular weight is 292 g/mol. The predicted molar refractivity (Wildman–Crippen MR) is 81.8 cm³/mol. The Kier molecular flexibility index (Phi) is 5.59. The zero-order chi connectivity index (χ0) is 15.2. The first-order valence-corrected chi connectivity index (χ1v) is 7.40. The second-order valence-corrected chi connectivity index (χ2v) is 5.57. The zero-order valence-electron chi connectivity index (χ0n) is 12.8. The van der Waals surface area contributed by atoms with Gasteiger partial charge in [-0.3, -0.25) is 14.6 Å². The first kappa shape index (κ1) is 15.8. The van der Waals surface area contributed by atoms with Crippen molar-refractivity contribution in [1.82, 2.24) is 9.80 Å². The van der Waals surface area contributed by atoms with Gasteiger partial charge in [0.25, 0.3) is 0 Å². The van der Waals surface area contributed by atoms with E-state index in [0.29, 0.717) is 6.04 Å². The number of aliphatic carboxylic acids is 1. The fraction of sp³-hybridized carbons (Fsp3) is 0.562. The SMILES string of the molecule is COc1ccccc1CC(C)N1CCN(CC(=O)O)CC1. The topological polar surface area (TPSA) is 53.0 Å². The molecule has 0 bridgehead atoms. The fourth-order valence-electron chi connectivity index (χ4n) is 2.87. The quantitative estimate of drug-likeness (QED) is 0.857. The van der Waals surface area contributed by atoms with E-state index < -0.39 is 5.97 Å². The lowest BCUT2D eigenvalue weighted by molar-refractivity contribution is -0.138. The fourth-order valence-corrected chi connectivity index (χ4v) is 2.87. The van der Waals surface area contributed by atoms with Gasteiger partial charge in [0.15, 0.2) is 0 Å². The van der Waals surface area contributed by atoms with Gasteiger partial charge in [-0.2, -0.15) is 0 Å². The third-order valence-electron chi connectivity index (χ3n) is 4.10. The minimum atomic E-state index is -0.745. The summed E-state index contributed by atoms with van der Waals surface area (Å²) in [5, 5.41) is 8.82. The van der Waals surface area contributed by atoms with Crippen LogP contribution < -0.4 is 4.74 Å². The number of hydrogen-bond donors (Lipinski definition) is 1. The van der Waals surface area contributed by atoms with Gasteiger partial charge >= 0.3 is 5.97 Å². The molecule has 21 heavy (non-hydrogen) atoms. The maximum atomic E-state index is 10.7. The van der Waals surface area contributed by atoms with Gasteiger partial charge in [-0.25, -0.2) is 0 Å². The van der Waals surface area contributed by atoms with Crippen molar-refractivity contribution in [2.24, 2.45) is 0 Å². The standard InChI is InChI=1S/C16H24N2O3/c1-13(11-14-5-3-4-6-15(14)21-2)18-9-7-17(8-10-18)12-16(19)20/h3-6,13H,7-12H2,1-2H3,(H,19,20). The molecule has 1 aromatic carbocycles. The average Bonchev–Trinajstić information content (AvgIpc) is 2.48. The number of benzene rings is 1. The van der Waals surface area contributed by atoms with Crippen molar-refractivity contribution in [3.05, 3.63) is 29.8 Å². The molecule has 1 aromatic rings. The lowest BCUT2D eigenvalue weighted by Gasteiger charge is -2.37. The van der Waals surface area contributed by atoms with E-state index in [9.17, 15) is 4.79 Å². The number of hydrogen-bond acceptors (Lipinski definition) is 4. The zero-order valence-corrected chi connectivity index (χ0v) is 12.8. The molecule has 1 saturated heterocycles. The molecule has 1 heterocycles. The first-order chi connectivity index (χ1) is 10.1. The number of methoxy groups -OCH3 is 1. The van der Waals surface area contributed by atoms with Crippen molar-refractivity contribution >= 4 is 5.97 Å². The number of nitrogens with zero attached hydrogens (tertiary/aromatic N) is 2. The van der Waals surface area contributed by atoms with E-state index in [4.69, 9.17) is 9.84 Å². The van der Waals surface area contributed by atoms with Crippen LogP contribution in [0.1, 0.15) is 12.5 Å². The minimum Gasteiger partial charge on any atom is -0.496 e. The highest BCUT2D eigenvalue weighted by Crippen LogP contribution is 2.21. The van der Waals surface area contributed by atoms with E-state index in [0.717, 1.165) is 38.3 Å². The molecular weight excluding hydrogens is 268 g/mol. The molecule has 0 saturated carbocycles. The molecule has 0 aliphatic carbocycles. The summed E-state index contributed by atoms with van der Waals surface area (Å²) in [4.78, 5) is 15.1. The van der Waals surface area contributed by atoms with Crippen molar-refractivity contribution in [2.45, 2.75) is 19.4 Å². The van der Waals surface area contributed by atoms with E-state index >= 15 is 0 Å². The third-order valence-corrected chi connectivity index (χ3v) is 4.10. The molecule has 1 atom stereocenters. The van der Waals surface area contributed by atoms with E-state index in [-0.39, 0.29) is 6.54 Å². The van der Waals surface area contributed by atoms with Crippen LogP contribution in [-0.4, -0.2) is 66.8 Å². The molecule has 5 heteroatoms. The van der Waals surface area contributed by atoms with Crippen molar-refractivity contribution in [3.63, 3.8) is 0 Å². The molecule has 1 aliphatic heterocycles. The Labute approximate surface area is 126 Å². The number of carboxylic acid groups (broad SMARTS) is 1. The highest BCUT2D eigenvalue weighted by molar-refractivity contribution is 5.69. The van der Waals surface area contributed by atoms with Crippen LogP contribution in [0.3, 0.4) is 0 Å². The van der Waals surface area contributed by atoms with Crippen molar-refractivity contribution in [1.29, 1.82) is 0 Å². The monoisotopic (exact) mass is 292 g/mol. The number of rotatable bonds is 6. The van der Waals surface area contributed by atoms with Gasteiger partial charge in [-0.05, 0) is 25.0 Å². The molecule has 0 amide bonds. The van der Waals surface area contributed by atoms with E-state index in [2.05, 4.69) is 17.9 Å². The highest BCUT2D eigenvalue weighted by atomic mass is 16.5. The summed E-state index contributed by atoms with van der Waals surface area (Å²) in [6.45, 7) is 5.85. The van der Waals surface area contributed by atoms with Gasteiger partial charge in [0.05, 0.1) is 13.7 Å². The summed E-state index contributed by atoms with van der Waals surface area (Å²) in [5.74, 6) is 0.194. The van der Waals surface area contributed by atoms with Crippen molar-refractivity contribution in [3.8, 4) is 5.75 Å². The van der Waals surface area contributed by atoms with Gasteiger partial charge in [0, 0.05) is 32.2 Å². The molecule has 0 radical (unpaired) electrons. The Bertz CT molecular complexity index is 470. The molecule has 0 spiro atoms. The number of piperazine rings is 1. The van der Waals surface area contributed by atoms with Crippen LogP contribution in [0.25, 0.3) is 0 Å². The Morgan fingerprint density at radius 2 is 1.95 bits per heavy atom. The van der Waals surface area contributed by atoms with Crippen LogP contribution in [0.5, 0.6) is 5.75 Å². The summed E-state index contributed by atoms with van der Waals surface area (Å²) in [7, 11) is 1.70. The maximum Gasteiger partial charge on any atom is 0.317 e. The molecule has 2 rings (SSSR count). The first-order valence-electron chi connectivity index (χ1n) is 7.40.